The lowest BCUT2D eigenvalue weighted by atomic mass is 9.81. The first-order valence-electron chi connectivity index (χ1n) is 10.8. The summed E-state index contributed by atoms with van der Waals surface area (Å²) in [5, 5.41) is 15.0. The molecule has 5 heteroatoms. The fourth-order valence-electron chi connectivity index (χ4n) is 4.50. The number of Topliss-reactive ketones (excluding diaryl/α,β-unsaturated/α-hetero) is 1. The van der Waals surface area contributed by atoms with Gasteiger partial charge in [0.15, 0.2) is 5.78 Å². The molecule has 31 heavy (non-hydrogen) atoms. The largest absolute Gasteiger partial charge is 0.481 e. The first-order chi connectivity index (χ1) is 15.1. The Labute approximate surface area is 182 Å². The molecule has 0 bridgehead atoms. The van der Waals surface area contributed by atoms with E-state index in [1.54, 1.807) is 0 Å². The maximum atomic E-state index is 13.1. The number of benzene rings is 3. The summed E-state index contributed by atoms with van der Waals surface area (Å²) >= 11 is 0. The van der Waals surface area contributed by atoms with Crippen molar-refractivity contribution in [3.8, 4) is 0 Å². The molecule has 1 aliphatic heterocycles. The summed E-state index contributed by atoms with van der Waals surface area (Å²) in [6.07, 6.45) is 1.24. The number of anilines is 1. The van der Waals surface area contributed by atoms with Crippen molar-refractivity contribution in [3.05, 3.63) is 78.4 Å². The SMILES string of the molecule is O=C(O)CCC(=O)C1(Nc2ccccc2)CCN(Cc2cccc3ccccc23)CC1. The van der Waals surface area contributed by atoms with Crippen molar-refractivity contribution in [1.29, 1.82) is 0 Å². The molecule has 0 radical (unpaired) electrons. The molecule has 0 amide bonds. The van der Waals surface area contributed by atoms with Gasteiger partial charge in [-0.25, -0.2) is 0 Å². The fourth-order valence-corrected chi connectivity index (χ4v) is 4.50. The normalized spacial score (nSPS) is 16.1. The van der Waals surface area contributed by atoms with E-state index in [1.807, 2.05) is 30.3 Å². The highest BCUT2D eigenvalue weighted by molar-refractivity contribution is 5.93. The average molecular weight is 417 g/mol. The van der Waals surface area contributed by atoms with Crippen LogP contribution in [0.15, 0.2) is 72.8 Å². The number of carbonyl (C=O) groups is 2. The second kappa shape index (κ2) is 9.31. The zero-order chi connectivity index (χ0) is 21.7. The predicted molar refractivity (Wildman–Crippen MR) is 123 cm³/mol. The minimum atomic E-state index is -0.934. The number of carbonyl (C=O) groups excluding carboxylic acids is 1. The molecule has 0 aromatic heterocycles. The number of nitrogens with zero attached hydrogens (tertiary/aromatic N) is 1. The van der Waals surface area contributed by atoms with Gasteiger partial charge in [-0.15, -0.1) is 0 Å². The molecular formula is C26H28N2O3. The molecule has 0 aliphatic carbocycles. The van der Waals surface area contributed by atoms with Crippen molar-refractivity contribution < 1.29 is 14.7 Å². The highest BCUT2D eigenvalue weighted by Gasteiger charge is 2.40. The molecule has 0 saturated carbocycles. The van der Waals surface area contributed by atoms with E-state index in [-0.39, 0.29) is 18.6 Å². The smallest absolute Gasteiger partial charge is 0.303 e. The molecule has 4 rings (SSSR count). The average Bonchev–Trinajstić information content (AvgIpc) is 2.80. The number of ketones is 1. The highest BCUT2D eigenvalue weighted by atomic mass is 16.4. The van der Waals surface area contributed by atoms with Crippen LogP contribution in [0.4, 0.5) is 5.69 Å². The summed E-state index contributed by atoms with van der Waals surface area (Å²) in [5.41, 5.74) is 1.47. The zero-order valence-corrected chi connectivity index (χ0v) is 17.6. The van der Waals surface area contributed by atoms with E-state index < -0.39 is 11.5 Å². The molecule has 1 heterocycles. The van der Waals surface area contributed by atoms with Crippen LogP contribution in [0.25, 0.3) is 10.8 Å². The molecule has 0 atom stereocenters. The third-order valence-corrected chi connectivity index (χ3v) is 6.24. The van der Waals surface area contributed by atoms with Gasteiger partial charge < -0.3 is 10.4 Å². The molecule has 1 fully saturated rings. The lowest BCUT2D eigenvalue weighted by molar-refractivity contribution is -0.139. The minimum Gasteiger partial charge on any atom is -0.481 e. The summed E-state index contributed by atoms with van der Waals surface area (Å²) in [7, 11) is 0. The number of piperidine rings is 1. The molecule has 5 nitrogen and oxygen atoms in total. The number of fused-ring (bicyclic) bond motifs is 1. The van der Waals surface area contributed by atoms with E-state index in [9.17, 15) is 9.59 Å². The Kier molecular flexibility index (Phi) is 6.33. The molecule has 0 spiro atoms. The van der Waals surface area contributed by atoms with Gasteiger partial charge in [0.2, 0.25) is 0 Å². The van der Waals surface area contributed by atoms with Gasteiger partial charge in [-0.05, 0) is 41.3 Å². The van der Waals surface area contributed by atoms with Crippen LogP contribution in [0.3, 0.4) is 0 Å². The van der Waals surface area contributed by atoms with Gasteiger partial charge >= 0.3 is 5.97 Å². The maximum Gasteiger partial charge on any atom is 0.303 e. The van der Waals surface area contributed by atoms with Crippen LogP contribution in [0, 0.1) is 0 Å². The standard InChI is InChI=1S/C26H28N2O3/c29-24(13-14-25(30)31)26(27-22-10-2-1-3-11-22)15-17-28(18-16-26)19-21-9-6-8-20-7-4-5-12-23(20)21/h1-12,27H,13-19H2,(H,30,31). The Morgan fingerprint density at radius 3 is 2.29 bits per heavy atom. The van der Waals surface area contributed by atoms with Gasteiger partial charge in [0, 0.05) is 31.7 Å². The number of hydrogen-bond donors (Lipinski definition) is 2. The predicted octanol–water partition coefficient (Wildman–Crippen LogP) is 4.72. The lowest BCUT2D eigenvalue weighted by Crippen LogP contribution is -2.54. The Hall–Kier alpha value is -3.18. The summed E-state index contributed by atoms with van der Waals surface area (Å²) in [5.74, 6) is -0.944. The zero-order valence-electron chi connectivity index (χ0n) is 17.6. The molecular weight excluding hydrogens is 388 g/mol. The second-order valence-electron chi connectivity index (χ2n) is 8.30. The van der Waals surface area contributed by atoms with Crippen LogP contribution < -0.4 is 5.32 Å². The van der Waals surface area contributed by atoms with Crippen molar-refractivity contribution >= 4 is 28.2 Å². The Bertz CT molecular complexity index is 1050. The molecule has 1 aliphatic rings. The Morgan fingerprint density at radius 1 is 0.871 bits per heavy atom. The lowest BCUT2D eigenvalue weighted by Gasteiger charge is -2.42. The number of nitrogens with one attached hydrogen (secondary N) is 1. The van der Waals surface area contributed by atoms with Gasteiger partial charge in [-0.3, -0.25) is 14.5 Å². The molecule has 1 saturated heterocycles. The van der Waals surface area contributed by atoms with E-state index in [0.29, 0.717) is 12.8 Å². The monoisotopic (exact) mass is 416 g/mol. The molecule has 3 aromatic rings. The van der Waals surface area contributed by atoms with E-state index in [4.69, 9.17) is 5.11 Å². The topological polar surface area (TPSA) is 69.6 Å². The van der Waals surface area contributed by atoms with Gasteiger partial charge in [-0.2, -0.15) is 0 Å². The van der Waals surface area contributed by atoms with E-state index in [1.165, 1.54) is 16.3 Å². The van der Waals surface area contributed by atoms with Crippen molar-refractivity contribution in [2.45, 2.75) is 37.8 Å². The minimum absolute atomic E-state index is 0.0106. The third kappa shape index (κ3) is 4.94. The number of aliphatic carboxylic acids is 1. The van der Waals surface area contributed by atoms with Crippen molar-refractivity contribution in [2.24, 2.45) is 0 Å². The highest BCUT2D eigenvalue weighted by Crippen LogP contribution is 2.31. The van der Waals surface area contributed by atoms with Crippen LogP contribution in [0.5, 0.6) is 0 Å². The Balaban J connectivity index is 1.49. The van der Waals surface area contributed by atoms with Gasteiger partial charge in [-0.1, -0.05) is 60.7 Å². The van der Waals surface area contributed by atoms with Crippen LogP contribution in [-0.4, -0.2) is 40.4 Å². The van der Waals surface area contributed by atoms with Gasteiger partial charge in [0.25, 0.3) is 0 Å². The molecule has 0 unspecified atom stereocenters. The van der Waals surface area contributed by atoms with E-state index in [2.05, 4.69) is 52.7 Å². The maximum absolute atomic E-state index is 13.1. The summed E-state index contributed by atoms with van der Waals surface area (Å²) in [4.78, 5) is 26.5. The number of rotatable bonds is 8. The number of para-hydroxylation sites is 1. The van der Waals surface area contributed by atoms with E-state index >= 15 is 0 Å². The van der Waals surface area contributed by atoms with Crippen molar-refractivity contribution in [3.63, 3.8) is 0 Å². The second-order valence-corrected chi connectivity index (χ2v) is 8.30. The van der Waals surface area contributed by atoms with Crippen molar-refractivity contribution in [1.82, 2.24) is 4.90 Å². The summed E-state index contributed by atoms with van der Waals surface area (Å²) in [6, 6.07) is 24.5. The van der Waals surface area contributed by atoms with Crippen LogP contribution in [-0.2, 0) is 16.1 Å². The van der Waals surface area contributed by atoms with Crippen molar-refractivity contribution in [2.75, 3.05) is 18.4 Å². The number of carboxylic acid groups (broad SMARTS) is 1. The quantitative estimate of drug-likeness (QED) is 0.556. The first-order valence-corrected chi connectivity index (χ1v) is 10.8. The van der Waals surface area contributed by atoms with Crippen LogP contribution in [0.2, 0.25) is 0 Å². The van der Waals surface area contributed by atoms with Crippen LogP contribution in [0.1, 0.15) is 31.2 Å². The number of hydrogen-bond acceptors (Lipinski definition) is 4. The van der Waals surface area contributed by atoms with Gasteiger partial charge in [0.05, 0.1) is 12.0 Å². The third-order valence-electron chi connectivity index (χ3n) is 6.24. The number of carboxylic acids is 1. The van der Waals surface area contributed by atoms with Gasteiger partial charge in [0.1, 0.15) is 0 Å². The molecule has 2 N–H and O–H groups in total. The van der Waals surface area contributed by atoms with E-state index in [0.717, 1.165) is 25.3 Å². The molecule has 160 valence electrons. The summed E-state index contributed by atoms with van der Waals surface area (Å²) in [6.45, 7) is 2.40. The fraction of sp³-hybridized carbons (Fsp3) is 0.308. The summed E-state index contributed by atoms with van der Waals surface area (Å²) < 4.78 is 0. The Morgan fingerprint density at radius 2 is 1.55 bits per heavy atom. The number of likely N-dealkylation sites (tertiary alicyclic amines) is 1. The first kappa shape index (κ1) is 21.1. The molecule has 3 aromatic carbocycles. The van der Waals surface area contributed by atoms with Crippen LogP contribution >= 0.6 is 0 Å².